The SMILES string of the molecule is Cc1ccc(S(=O)(=O)N(CC(=O)NC(C)c2ccc(Cl)cc2)Cc2cccc(C)c2)cc1. The molecule has 7 heteroatoms. The van der Waals surface area contributed by atoms with Gasteiger partial charge in [-0.15, -0.1) is 0 Å². The van der Waals surface area contributed by atoms with Gasteiger partial charge in [-0.1, -0.05) is 71.3 Å². The maximum absolute atomic E-state index is 13.4. The zero-order valence-corrected chi connectivity index (χ0v) is 20.0. The van der Waals surface area contributed by atoms with Gasteiger partial charge in [0.2, 0.25) is 15.9 Å². The Morgan fingerprint density at radius 1 is 0.969 bits per heavy atom. The van der Waals surface area contributed by atoms with Crippen LogP contribution in [0.5, 0.6) is 0 Å². The Labute approximate surface area is 195 Å². The molecule has 0 saturated carbocycles. The summed E-state index contributed by atoms with van der Waals surface area (Å²) in [7, 11) is -3.87. The Bertz CT molecular complexity index is 1180. The first kappa shape index (κ1) is 24.0. The van der Waals surface area contributed by atoms with Gasteiger partial charge < -0.3 is 5.32 Å². The van der Waals surface area contributed by atoms with Gasteiger partial charge in [0.05, 0.1) is 17.5 Å². The summed E-state index contributed by atoms with van der Waals surface area (Å²) in [5, 5.41) is 3.50. The summed E-state index contributed by atoms with van der Waals surface area (Å²) in [6, 6.07) is 21.1. The third-order valence-electron chi connectivity index (χ3n) is 5.17. The van der Waals surface area contributed by atoms with Gasteiger partial charge >= 0.3 is 0 Å². The highest BCUT2D eigenvalue weighted by atomic mass is 35.5. The zero-order valence-electron chi connectivity index (χ0n) is 18.4. The van der Waals surface area contributed by atoms with Crippen molar-refractivity contribution in [3.05, 3.63) is 100 Å². The molecule has 1 atom stereocenters. The molecule has 0 aliphatic carbocycles. The number of nitrogens with one attached hydrogen (secondary N) is 1. The summed E-state index contributed by atoms with van der Waals surface area (Å²) in [4.78, 5) is 13.0. The van der Waals surface area contributed by atoms with Gasteiger partial charge in [0.15, 0.2) is 0 Å². The van der Waals surface area contributed by atoms with Crippen LogP contribution in [0.2, 0.25) is 5.02 Å². The van der Waals surface area contributed by atoms with E-state index < -0.39 is 10.0 Å². The molecule has 1 N–H and O–H groups in total. The fourth-order valence-corrected chi connectivity index (χ4v) is 4.89. The predicted octanol–water partition coefficient (Wildman–Crippen LogP) is 5.03. The molecule has 3 rings (SSSR count). The molecule has 0 radical (unpaired) electrons. The second kappa shape index (κ2) is 10.3. The summed E-state index contributed by atoms with van der Waals surface area (Å²) < 4.78 is 28.0. The van der Waals surface area contributed by atoms with Gasteiger partial charge in [0.25, 0.3) is 0 Å². The van der Waals surface area contributed by atoms with E-state index in [9.17, 15) is 13.2 Å². The molecule has 1 amide bonds. The molecular weight excluding hydrogens is 444 g/mol. The van der Waals surface area contributed by atoms with Crippen LogP contribution in [0.3, 0.4) is 0 Å². The van der Waals surface area contributed by atoms with Crippen LogP contribution in [0.15, 0.2) is 77.7 Å². The van der Waals surface area contributed by atoms with E-state index in [1.807, 2.05) is 57.2 Å². The Balaban J connectivity index is 1.83. The lowest BCUT2D eigenvalue weighted by atomic mass is 10.1. The van der Waals surface area contributed by atoms with Crippen molar-refractivity contribution in [1.82, 2.24) is 9.62 Å². The number of sulfonamides is 1. The van der Waals surface area contributed by atoms with E-state index in [-0.39, 0.29) is 29.9 Å². The highest BCUT2D eigenvalue weighted by Crippen LogP contribution is 2.20. The molecule has 0 heterocycles. The van der Waals surface area contributed by atoms with Gasteiger partial charge in [-0.3, -0.25) is 4.79 Å². The second-order valence-electron chi connectivity index (χ2n) is 7.92. The van der Waals surface area contributed by atoms with Crippen LogP contribution < -0.4 is 5.32 Å². The van der Waals surface area contributed by atoms with Crippen molar-refractivity contribution in [2.45, 2.75) is 38.3 Å². The van der Waals surface area contributed by atoms with Crippen molar-refractivity contribution in [1.29, 1.82) is 0 Å². The van der Waals surface area contributed by atoms with Gasteiger partial charge in [0.1, 0.15) is 0 Å². The fraction of sp³-hybridized carbons (Fsp3) is 0.240. The topological polar surface area (TPSA) is 66.5 Å². The third-order valence-corrected chi connectivity index (χ3v) is 7.23. The zero-order chi connectivity index (χ0) is 23.3. The number of carbonyl (C=O) groups excluding carboxylic acids is 1. The van der Waals surface area contributed by atoms with Crippen LogP contribution in [0.25, 0.3) is 0 Å². The van der Waals surface area contributed by atoms with E-state index in [2.05, 4.69) is 5.32 Å². The quantitative estimate of drug-likeness (QED) is 0.502. The highest BCUT2D eigenvalue weighted by molar-refractivity contribution is 7.89. The molecule has 0 aliphatic rings. The Morgan fingerprint density at radius 2 is 1.62 bits per heavy atom. The molecule has 3 aromatic carbocycles. The third kappa shape index (κ3) is 6.19. The van der Waals surface area contributed by atoms with Crippen LogP contribution in [-0.2, 0) is 21.4 Å². The van der Waals surface area contributed by atoms with Gasteiger partial charge in [-0.25, -0.2) is 8.42 Å². The van der Waals surface area contributed by atoms with Crippen LogP contribution in [0.4, 0.5) is 0 Å². The molecule has 5 nitrogen and oxygen atoms in total. The van der Waals surface area contributed by atoms with Crippen LogP contribution in [0.1, 0.15) is 35.2 Å². The fourth-order valence-electron chi connectivity index (χ4n) is 3.38. The number of benzene rings is 3. The minimum absolute atomic E-state index is 0.0979. The Hall–Kier alpha value is -2.67. The van der Waals surface area contributed by atoms with Crippen molar-refractivity contribution in [3.63, 3.8) is 0 Å². The smallest absolute Gasteiger partial charge is 0.243 e. The monoisotopic (exact) mass is 470 g/mol. The van der Waals surface area contributed by atoms with E-state index in [1.54, 1.807) is 36.4 Å². The summed E-state index contributed by atoms with van der Waals surface area (Å²) in [5.74, 6) is -0.379. The lowest BCUT2D eigenvalue weighted by Gasteiger charge is -2.23. The number of nitrogens with zero attached hydrogens (tertiary/aromatic N) is 1. The van der Waals surface area contributed by atoms with Gasteiger partial charge in [-0.2, -0.15) is 4.31 Å². The van der Waals surface area contributed by atoms with Gasteiger partial charge in [0, 0.05) is 11.6 Å². The maximum atomic E-state index is 13.4. The highest BCUT2D eigenvalue weighted by Gasteiger charge is 2.27. The molecule has 32 heavy (non-hydrogen) atoms. The van der Waals surface area contributed by atoms with Crippen molar-refractivity contribution >= 4 is 27.5 Å². The Morgan fingerprint density at radius 3 is 2.25 bits per heavy atom. The molecule has 1 unspecified atom stereocenters. The maximum Gasteiger partial charge on any atom is 0.243 e. The van der Waals surface area contributed by atoms with Crippen molar-refractivity contribution < 1.29 is 13.2 Å². The number of halogens is 1. The lowest BCUT2D eigenvalue weighted by molar-refractivity contribution is -0.122. The minimum Gasteiger partial charge on any atom is -0.348 e. The van der Waals surface area contributed by atoms with E-state index in [0.29, 0.717) is 5.02 Å². The molecule has 0 fully saturated rings. The standard InChI is InChI=1S/C25H27ClN2O3S/c1-18-7-13-24(14-8-18)32(30,31)28(16-21-6-4-5-19(2)15-21)17-25(29)27-20(3)22-9-11-23(26)12-10-22/h4-15,20H,16-17H2,1-3H3,(H,27,29). The first-order valence-corrected chi connectivity index (χ1v) is 12.1. The lowest BCUT2D eigenvalue weighted by Crippen LogP contribution is -2.41. The average Bonchev–Trinajstić information content (AvgIpc) is 2.74. The van der Waals surface area contributed by atoms with Crippen LogP contribution >= 0.6 is 11.6 Å². The van der Waals surface area contributed by atoms with E-state index in [4.69, 9.17) is 11.6 Å². The largest absolute Gasteiger partial charge is 0.348 e. The average molecular weight is 471 g/mol. The minimum atomic E-state index is -3.87. The molecule has 168 valence electrons. The molecule has 0 aliphatic heterocycles. The summed E-state index contributed by atoms with van der Waals surface area (Å²) in [6.45, 7) is 5.50. The number of rotatable bonds is 8. The van der Waals surface area contributed by atoms with Crippen molar-refractivity contribution in [2.75, 3.05) is 6.54 Å². The molecule has 0 spiro atoms. The van der Waals surface area contributed by atoms with E-state index in [0.717, 1.165) is 22.3 Å². The van der Waals surface area contributed by atoms with E-state index in [1.165, 1.54) is 4.31 Å². The number of hydrogen-bond acceptors (Lipinski definition) is 3. The number of aryl methyl sites for hydroxylation is 2. The summed E-state index contributed by atoms with van der Waals surface area (Å²) >= 11 is 5.94. The molecule has 0 aromatic heterocycles. The molecule has 3 aromatic rings. The molecular formula is C25H27ClN2O3S. The number of amides is 1. The summed E-state index contributed by atoms with van der Waals surface area (Å²) in [6.07, 6.45) is 0. The number of hydrogen-bond donors (Lipinski definition) is 1. The first-order chi connectivity index (χ1) is 15.1. The van der Waals surface area contributed by atoms with Crippen LogP contribution in [-0.4, -0.2) is 25.2 Å². The predicted molar refractivity (Wildman–Crippen MR) is 128 cm³/mol. The molecule has 0 bridgehead atoms. The van der Waals surface area contributed by atoms with Crippen LogP contribution in [0, 0.1) is 13.8 Å². The van der Waals surface area contributed by atoms with Crippen molar-refractivity contribution in [2.24, 2.45) is 0 Å². The van der Waals surface area contributed by atoms with Gasteiger partial charge in [-0.05, 0) is 56.2 Å². The normalized spacial score (nSPS) is 12.5. The summed E-state index contributed by atoms with van der Waals surface area (Å²) in [5.41, 5.74) is 3.69. The molecule has 0 saturated heterocycles. The first-order valence-electron chi connectivity index (χ1n) is 10.3. The number of carbonyl (C=O) groups is 1. The Kier molecular flexibility index (Phi) is 7.72. The van der Waals surface area contributed by atoms with Crippen molar-refractivity contribution in [3.8, 4) is 0 Å². The second-order valence-corrected chi connectivity index (χ2v) is 10.3. The van der Waals surface area contributed by atoms with E-state index >= 15 is 0 Å².